The Morgan fingerprint density at radius 3 is 2.50 bits per heavy atom. The van der Waals surface area contributed by atoms with Crippen molar-refractivity contribution < 1.29 is 9.53 Å². The van der Waals surface area contributed by atoms with Crippen LogP contribution in [0.4, 0.5) is 5.00 Å². The molecule has 4 rings (SSSR count). The number of morpholine rings is 1. The Morgan fingerprint density at radius 1 is 1.13 bits per heavy atom. The van der Waals surface area contributed by atoms with Gasteiger partial charge in [-0.25, -0.2) is 0 Å². The molecule has 1 aliphatic heterocycles. The van der Waals surface area contributed by atoms with Gasteiger partial charge in [0.25, 0.3) is 5.91 Å². The van der Waals surface area contributed by atoms with Gasteiger partial charge in [0, 0.05) is 33.6 Å². The maximum Gasteiger partial charge on any atom is 0.256 e. The molecule has 1 atom stereocenters. The minimum atomic E-state index is -0.0714. The molecule has 2 heterocycles. The fourth-order valence-electron chi connectivity index (χ4n) is 3.77. The van der Waals surface area contributed by atoms with E-state index in [0.717, 1.165) is 47.8 Å². The van der Waals surface area contributed by atoms with E-state index in [-0.39, 0.29) is 11.9 Å². The number of hydrogen-bond acceptors (Lipinski definition) is 4. The van der Waals surface area contributed by atoms with Crippen LogP contribution >= 0.6 is 27.3 Å². The van der Waals surface area contributed by atoms with E-state index >= 15 is 0 Å². The first-order chi connectivity index (χ1) is 14.7. The fourth-order valence-corrected chi connectivity index (χ4v) is 5.06. The maximum absolute atomic E-state index is 12.9. The van der Waals surface area contributed by atoms with Crippen molar-refractivity contribution in [3.05, 3.63) is 86.7 Å². The second-order valence-corrected chi connectivity index (χ2v) is 9.33. The van der Waals surface area contributed by atoms with Gasteiger partial charge in [-0.1, -0.05) is 53.2 Å². The highest BCUT2D eigenvalue weighted by atomic mass is 79.9. The topological polar surface area (TPSA) is 41.6 Å². The number of aryl methyl sites for hydroxylation is 1. The van der Waals surface area contributed by atoms with Crippen molar-refractivity contribution in [1.82, 2.24) is 4.90 Å². The molecule has 3 aromatic rings. The predicted octanol–water partition coefficient (Wildman–Crippen LogP) is 5.75. The van der Waals surface area contributed by atoms with E-state index in [0.29, 0.717) is 5.56 Å². The van der Waals surface area contributed by atoms with Crippen LogP contribution in [0.1, 0.15) is 39.3 Å². The summed E-state index contributed by atoms with van der Waals surface area (Å²) in [5.41, 5.74) is 3.04. The van der Waals surface area contributed by atoms with Crippen molar-refractivity contribution in [3.63, 3.8) is 0 Å². The van der Waals surface area contributed by atoms with Crippen LogP contribution in [-0.4, -0.2) is 37.1 Å². The average molecular weight is 485 g/mol. The number of halogens is 1. The first-order valence-corrected chi connectivity index (χ1v) is 11.8. The van der Waals surface area contributed by atoms with Crippen molar-refractivity contribution in [3.8, 4) is 0 Å². The SMILES string of the molecule is CCc1cc([C@H](c2ccc(Br)cc2)N2CCOCC2)c(NC(=O)c2ccccc2)s1. The number of anilines is 1. The summed E-state index contributed by atoms with van der Waals surface area (Å²) in [4.78, 5) is 16.6. The molecule has 1 N–H and O–H groups in total. The highest BCUT2D eigenvalue weighted by Gasteiger charge is 2.28. The summed E-state index contributed by atoms with van der Waals surface area (Å²) in [6, 6.07) is 20.2. The molecule has 156 valence electrons. The summed E-state index contributed by atoms with van der Waals surface area (Å²) in [7, 11) is 0. The van der Waals surface area contributed by atoms with E-state index in [9.17, 15) is 4.79 Å². The van der Waals surface area contributed by atoms with Gasteiger partial charge < -0.3 is 10.1 Å². The Morgan fingerprint density at radius 2 is 1.83 bits per heavy atom. The Bertz CT molecular complexity index is 982. The molecule has 0 bridgehead atoms. The quantitative estimate of drug-likeness (QED) is 0.484. The van der Waals surface area contributed by atoms with E-state index in [4.69, 9.17) is 4.74 Å². The number of ether oxygens (including phenoxy) is 1. The fraction of sp³-hybridized carbons (Fsp3) is 0.292. The minimum absolute atomic E-state index is 0.0714. The van der Waals surface area contributed by atoms with Gasteiger partial charge in [0.05, 0.1) is 19.3 Å². The zero-order valence-electron chi connectivity index (χ0n) is 16.9. The number of nitrogens with one attached hydrogen (secondary N) is 1. The van der Waals surface area contributed by atoms with Gasteiger partial charge in [-0.3, -0.25) is 9.69 Å². The molecule has 6 heteroatoms. The molecular formula is C24H25BrN2O2S. The monoisotopic (exact) mass is 484 g/mol. The molecule has 2 aromatic carbocycles. The Balaban J connectivity index is 1.73. The van der Waals surface area contributed by atoms with Crippen LogP contribution in [0.5, 0.6) is 0 Å². The Hall–Kier alpha value is -1.99. The summed E-state index contributed by atoms with van der Waals surface area (Å²) >= 11 is 5.22. The van der Waals surface area contributed by atoms with Crippen LogP contribution in [0.2, 0.25) is 0 Å². The van der Waals surface area contributed by atoms with Gasteiger partial charge in [0.15, 0.2) is 0 Å². The molecule has 1 aliphatic rings. The highest BCUT2D eigenvalue weighted by molar-refractivity contribution is 9.10. The molecule has 1 aromatic heterocycles. The number of carbonyl (C=O) groups is 1. The molecule has 0 saturated carbocycles. The van der Waals surface area contributed by atoms with Gasteiger partial charge in [-0.05, 0) is 42.3 Å². The summed E-state index contributed by atoms with van der Waals surface area (Å²) in [5, 5.41) is 4.13. The summed E-state index contributed by atoms with van der Waals surface area (Å²) in [6.07, 6.45) is 0.940. The zero-order chi connectivity index (χ0) is 20.9. The number of rotatable bonds is 6. The normalized spacial score (nSPS) is 15.7. The number of carbonyl (C=O) groups excluding carboxylic acids is 1. The van der Waals surface area contributed by atoms with E-state index < -0.39 is 0 Å². The zero-order valence-corrected chi connectivity index (χ0v) is 19.3. The molecule has 0 radical (unpaired) electrons. The van der Waals surface area contributed by atoms with Crippen molar-refractivity contribution in [2.45, 2.75) is 19.4 Å². The second kappa shape index (κ2) is 9.88. The standard InChI is InChI=1S/C24H25BrN2O2S/c1-2-20-16-21(24(30-20)26-23(28)18-6-4-3-5-7-18)22(27-12-14-29-15-13-27)17-8-10-19(25)11-9-17/h3-11,16,22H,2,12-15H2,1H3,(H,26,28)/t22-/m0/s1. The third-order valence-corrected chi connectivity index (χ3v) is 7.05. The van der Waals surface area contributed by atoms with Gasteiger partial charge in [-0.2, -0.15) is 0 Å². The highest BCUT2D eigenvalue weighted by Crippen LogP contribution is 2.40. The molecule has 4 nitrogen and oxygen atoms in total. The van der Waals surface area contributed by atoms with Crippen molar-refractivity contribution in [2.24, 2.45) is 0 Å². The number of amides is 1. The minimum Gasteiger partial charge on any atom is -0.379 e. The summed E-state index contributed by atoms with van der Waals surface area (Å²) in [6.45, 7) is 5.34. The van der Waals surface area contributed by atoms with Crippen LogP contribution < -0.4 is 5.32 Å². The Kier molecular flexibility index (Phi) is 7.00. The number of hydrogen-bond donors (Lipinski definition) is 1. The first kappa shape index (κ1) is 21.2. The number of thiophene rings is 1. The summed E-state index contributed by atoms with van der Waals surface area (Å²) in [5.74, 6) is -0.0714. The molecule has 0 spiro atoms. The molecule has 0 aliphatic carbocycles. The Labute approximate surface area is 190 Å². The number of benzene rings is 2. The van der Waals surface area contributed by atoms with Crippen molar-refractivity contribution in [2.75, 3.05) is 31.6 Å². The van der Waals surface area contributed by atoms with Crippen LogP contribution in [0.3, 0.4) is 0 Å². The van der Waals surface area contributed by atoms with E-state index in [1.165, 1.54) is 10.4 Å². The summed E-state index contributed by atoms with van der Waals surface area (Å²) < 4.78 is 6.66. The lowest BCUT2D eigenvalue weighted by Gasteiger charge is -2.35. The van der Waals surface area contributed by atoms with E-state index in [2.05, 4.69) is 63.4 Å². The van der Waals surface area contributed by atoms with Crippen LogP contribution in [0, 0.1) is 0 Å². The third kappa shape index (κ3) is 4.83. The molecule has 1 saturated heterocycles. The average Bonchev–Trinajstić information content (AvgIpc) is 3.19. The predicted molar refractivity (Wildman–Crippen MR) is 126 cm³/mol. The lowest BCUT2D eigenvalue weighted by molar-refractivity contribution is 0.0241. The van der Waals surface area contributed by atoms with Crippen molar-refractivity contribution in [1.29, 1.82) is 0 Å². The number of nitrogens with zero attached hydrogens (tertiary/aromatic N) is 1. The molecule has 1 fully saturated rings. The van der Waals surface area contributed by atoms with E-state index in [1.807, 2.05) is 30.3 Å². The van der Waals surface area contributed by atoms with Gasteiger partial charge >= 0.3 is 0 Å². The lowest BCUT2D eigenvalue weighted by Crippen LogP contribution is -2.39. The van der Waals surface area contributed by atoms with Crippen LogP contribution in [0.25, 0.3) is 0 Å². The van der Waals surface area contributed by atoms with Gasteiger partial charge in [-0.15, -0.1) is 11.3 Å². The van der Waals surface area contributed by atoms with Gasteiger partial charge in [0.2, 0.25) is 0 Å². The van der Waals surface area contributed by atoms with E-state index in [1.54, 1.807) is 11.3 Å². The maximum atomic E-state index is 12.9. The first-order valence-electron chi connectivity index (χ1n) is 10.2. The second-order valence-electron chi connectivity index (χ2n) is 7.27. The molecule has 1 amide bonds. The van der Waals surface area contributed by atoms with Crippen LogP contribution in [0.15, 0.2) is 65.1 Å². The largest absolute Gasteiger partial charge is 0.379 e. The molecule has 30 heavy (non-hydrogen) atoms. The van der Waals surface area contributed by atoms with Gasteiger partial charge in [0.1, 0.15) is 5.00 Å². The molecular weight excluding hydrogens is 460 g/mol. The third-order valence-electron chi connectivity index (χ3n) is 5.31. The molecule has 0 unspecified atom stereocenters. The van der Waals surface area contributed by atoms with Crippen molar-refractivity contribution >= 4 is 38.2 Å². The smallest absolute Gasteiger partial charge is 0.256 e. The lowest BCUT2D eigenvalue weighted by atomic mass is 9.97. The van der Waals surface area contributed by atoms with Crippen LogP contribution in [-0.2, 0) is 11.2 Å².